The highest BCUT2D eigenvalue weighted by atomic mass is 32.1. The van der Waals surface area contributed by atoms with E-state index in [1.54, 1.807) is 0 Å². The molecular formula is C7H7NO4S. The van der Waals surface area contributed by atoms with Crippen molar-refractivity contribution >= 4 is 30.4 Å². The van der Waals surface area contributed by atoms with E-state index in [0.29, 0.717) is 4.90 Å². The van der Waals surface area contributed by atoms with E-state index in [1.165, 1.54) is 0 Å². The van der Waals surface area contributed by atoms with Crippen LogP contribution in [-0.4, -0.2) is 39.6 Å². The molecule has 0 bridgehead atoms. The smallest absolute Gasteiger partial charge is 0.327 e. The Bertz CT molecular complexity index is 281. The minimum Gasteiger partial charge on any atom is -0.480 e. The summed E-state index contributed by atoms with van der Waals surface area (Å²) in [7, 11) is 0. The van der Waals surface area contributed by atoms with Crippen molar-refractivity contribution in [1.29, 1.82) is 0 Å². The van der Waals surface area contributed by atoms with Crippen molar-refractivity contribution < 1.29 is 19.5 Å². The molecule has 0 fully saturated rings. The SMILES string of the molecule is O=C(O)C(CS)N1C(=O)C=CC1=O. The fraction of sp³-hybridized carbons (Fsp3) is 0.286. The molecule has 70 valence electrons. The summed E-state index contributed by atoms with van der Waals surface area (Å²) in [5.41, 5.74) is 0. The molecule has 1 aliphatic heterocycles. The molecule has 2 amide bonds. The molecule has 1 rings (SSSR count). The molecular weight excluding hydrogens is 194 g/mol. The molecule has 0 aromatic rings. The average Bonchev–Trinajstić information content (AvgIpc) is 2.36. The fourth-order valence-corrected chi connectivity index (χ4v) is 1.31. The van der Waals surface area contributed by atoms with E-state index in [2.05, 4.69) is 12.6 Å². The molecule has 1 atom stereocenters. The number of thiol groups is 1. The van der Waals surface area contributed by atoms with Crippen LogP contribution in [0.1, 0.15) is 0 Å². The van der Waals surface area contributed by atoms with Crippen LogP contribution in [-0.2, 0) is 14.4 Å². The Morgan fingerprint density at radius 1 is 1.46 bits per heavy atom. The molecule has 1 unspecified atom stereocenters. The first-order valence-electron chi connectivity index (χ1n) is 3.47. The van der Waals surface area contributed by atoms with Crippen LogP contribution in [0, 0.1) is 0 Å². The van der Waals surface area contributed by atoms with Gasteiger partial charge in [-0.05, 0) is 0 Å². The molecule has 0 aromatic carbocycles. The fourth-order valence-electron chi connectivity index (χ4n) is 0.989. The summed E-state index contributed by atoms with van der Waals surface area (Å²) in [6, 6.07) is -1.18. The Morgan fingerprint density at radius 3 is 2.23 bits per heavy atom. The number of nitrogens with zero attached hydrogens (tertiary/aromatic N) is 1. The molecule has 0 spiro atoms. The van der Waals surface area contributed by atoms with Gasteiger partial charge in [0.25, 0.3) is 11.8 Å². The van der Waals surface area contributed by atoms with E-state index in [-0.39, 0.29) is 5.75 Å². The minimum absolute atomic E-state index is 0.0888. The molecule has 6 heteroatoms. The number of imide groups is 1. The van der Waals surface area contributed by atoms with E-state index in [1.807, 2.05) is 0 Å². The molecule has 1 heterocycles. The minimum atomic E-state index is -1.24. The lowest BCUT2D eigenvalue weighted by Gasteiger charge is -2.20. The van der Waals surface area contributed by atoms with Crippen LogP contribution in [0.5, 0.6) is 0 Å². The number of aliphatic carboxylic acids is 1. The molecule has 1 N–H and O–H groups in total. The first-order chi connectivity index (χ1) is 6.07. The van der Waals surface area contributed by atoms with Gasteiger partial charge in [0.15, 0.2) is 0 Å². The van der Waals surface area contributed by atoms with Gasteiger partial charge >= 0.3 is 5.97 Å². The lowest BCUT2D eigenvalue weighted by molar-refractivity contribution is -0.152. The Labute approximate surface area is 79.4 Å². The van der Waals surface area contributed by atoms with E-state index >= 15 is 0 Å². The third kappa shape index (κ3) is 1.72. The maximum Gasteiger partial charge on any atom is 0.327 e. The zero-order valence-corrected chi connectivity index (χ0v) is 7.40. The first-order valence-corrected chi connectivity index (χ1v) is 4.10. The normalized spacial score (nSPS) is 18.1. The molecule has 1 aliphatic rings. The quantitative estimate of drug-likeness (QED) is 0.467. The summed E-state index contributed by atoms with van der Waals surface area (Å²) in [5.74, 6) is -2.53. The summed E-state index contributed by atoms with van der Waals surface area (Å²) in [5, 5.41) is 8.65. The Hall–Kier alpha value is -1.30. The standard InChI is InChI=1S/C7H7NO4S/c9-5-1-2-6(10)8(5)4(3-13)7(11)12/h1-2,4,13H,3H2,(H,11,12). The van der Waals surface area contributed by atoms with Crippen molar-refractivity contribution in [3.63, 3.8) is 0 Å². The number of hydrogen-bond acceptors (Lipinski definition) is 4. The van der Waals surface area contributed by atoms with Gasteiger partial charge in [-0.1, -0.05) is 0 Å². The second kappa shape index (κ2) is 3.61. The first kappa shape index (κ1) is 9.79. The van der Waals surface area contributed by atoms with E-state index < -0.39 is 23.8 Å². The lowest BCUT2D eigenvalue weighted by atomic mass is 10.3. The van der Waals surface area contributed by atoms with Crippen molar-refractivity contribution in [2.75, 3.05) is 5.75 Å². The highest BCUT2D eigenvalue weighted by Gasteiger charge is 2.34. The van der Waals surface area contributed by atoms with E-state index in [4.69, 9.17) is 5.11 Å². The predicted octanol–water partition coefficient (Wildman–Crippen LogP) is -0.706. The predicted molar refractivity (Wildman–Crippen MR) is 46.3 cm³/mol. The molecule has 0 aromatic heterocycles. The van der Waals surface area contributed by atoms with Gasteiger partial charge in [-0.25, -0.2) is 4.79 Å². The van der Waals surface area contributed by atoms with Gasteiger partial charge in [0.2, 0.25) is 0 Å². The summed E-state index contributed by atoms with van der Waals surface area (Å²) in [6.45, 7) is 0. The largest absolute Gasteiger partial charge is 0.480 e. The van der Waals surface area contributed by atoms with Crippen LogP contribution in [0.25, 0.3) is 0 Å². The summed E-state index contributed by atoms with van der Waals surface area (Å²) < 4.78 is 0. The Morgan fingerprint density at radius 2 is 1.92 bits per heavy atom. The van der Waals surface area contributed by atoms with Crippen LogP contribution in [0.3, 0.4) is 0 Å². The van der Waals surface area contributed by atoms with Gasteiger partial charge in [0, 0.05) is 17.9 Å². The number of carbonyl (C=O) groups is 3. The van der Waals surface area contributed by atoms with Crippen molar-refractivity contribution in [3.8, 4) is 0 Å². The monoisotopic (exact) mass is 201 g/mol. The van der Waals surface area contributed by atoms with Gasteiger partial charge in [0.1, 0.15) is 6.04 Å². The molecule has 5 nitrogen and oxygen atoms in total. The number of carboxylic acids is 1. The summed E-state index contributed by atoms with van der Waals surface area (Å²) in [4.78, 5) is 33.3. The molecule has 0 aliphatic carbocycles. The third-order valence-corrected chi connectivity index (χ3v) is 1.96. The molecule has 0 saturated heterocycles. The van der Waals surface area contributed by atoms with Gasteiger partial charge in [-0.2, -0.15) is 12.6 Å². The molecule has 0 radical (unpaired) electrons. The van der Waals surface area contributed by atoms with Crippen LogP contribution in [0.15, 0.2) is 12.2 Å². The van der Waals surface area contributed by atoms with Crippen LogP contribution in [0.2, 0.25) is 0 Å². The van der Waals surface area contributed by atoms with Crippen molar-refractivity contribution in [1.82, 2.24) is 4.90 Å². The second-order valence-corrected chi connectivity index (χ2v) is 2.78. The van der Waals surface area contributed by atoms with Crippen LogP contribution < -0.4 is 0 Å². The maximum absolute atomic E-state index is 11.0. The van der Waals surface area contributed by atoms with Crippen molar-refractivity contribution in [3.05, 3.63) is 12.2 Å². The highest BCUT2D eigenvalue weighted by molar-refractivity contribution is 7.80. The number of rotatable bonds is 3. The highest BCUT2D eigenvalue weighted by Crippen LogP contribution is 2.10. The van der Waals surface area contributed by atoms with Crippen molar-refractivity contribution in [2.45, 2.75) is 6.04 Å². The number of carboxylic acid groups (broad SMARTS) is 1. The van der Waals surface area contributed by atoms with Crippen molar-refractivity contribution in [2.24, 2.45) is 0 Å². The topological polar surface area (TPSA) is 74.7 Å². The maximum atomic E-state index is 11.0. The van der Waals surface area contributed by atoms with Crippen LogP contribution >= 0.6 is 12.6 Å². The number of carbonyl (C=O) groups excluding carboxylic acids is 2. The Balaban J connectivity index is 2.87. The van der Waals surface area contributed by atoms with Crippen LogP contribution in [0.4, 0.5) is 0 Å². The zero-order valence-electron chi connectivity index (χ0n) is 6.51. The van der Waals surface area contributed by atoms with Gasteiger partial charge in [0.05, 0.1) is 0 Å². The number of amides is 2. The van der Waals surface area contributed by atoms with Gasteiger partial charge in [-0.15, -0.1) is 0 Å². The lowest BCUT2D eigenvalue weighted by Crippen LogP contribution is -2.46. The van der Waals surface area contributed by atoms with E-state index in [0.717, 1.165) is 12.2 Å². The average molecular weight is 201 g/mol. The Kier molecular flexibility index (Phi) is 2.72. The molecule has 13 heavy (non-hydrogen) atoms. The summed E-state index contributed by atoms with van der Waals surface area (Å²) in [6.07, 6.45) is 2.09. The third-order valence-electron chi connectivity index (χ3n) is 1.61. The zero-order chi connectivity index (χ0) is 10.0. The number of hydrogen-bond donors (Lipinski definition) is 2. The second-order valence-electron chi connectivity index (χ2n) is 2.42. The van der Waals surface area contributed by atoms with Gasteiger partial charge < -0.3 is 5.11 Å². The molecule has 0 saturated carbocycles. The van der Waals surface area contributed by atoms with Gasteiger partial charge in [-0.3, -0.25) is 14.5 Å². The van der Waals surface area contributed by atoms with E-state index in [9.17, 15) is 14.4 Å². The summed E-state index contributed by atoms with van der Waals surface area (Å²) >= 11 is 3.76.